The number of ether oxygens (including phenoxy) is 3. The number of nitrogens with zero attached hydrogens (tertiary/aromatic N) is 1. The normalized spacial score (nSPS) is 26.6. The molecule has 1 aliphatic rings. The van der Waals surface area contributed by atoms with E-state index in [2.05, 4.69) is 0 Å². The van der Waals surface area contributed by atoms with Gasteiger partial charge in [-0.05, 0) is 39.7 Å². The van der Waals surface area contributed by atoms with Crippen molar-refractivity contribution in [3.63, 3.8) is 0 Å². The molecule has 0 bridgehead atoms. The first-order valence-corrected chi connectivity index (χ1v) is 7.88. The van der Waals surface area contributed by atoms with E-state index in [4.69, 9.17) is 19.9 Å². The zero-order chi connectivity index (χ0) is 18.7. The summed E-state index contributed by atoms with van der Waals surface area (Å²) in [5.74, 6) is -2.86. The fourth-order valence-electron chi connectivity index (χ4n) is 3.23. The molecule has 138 valence electrons. The summed E-state index contributed by atoms with van der Waals surface area (Å²) in [4.78, 5) is 38.1. The fraction of sp³-hybridized carbons (Fsp3) is 0.812. The van der Waals surface area contributed by atoms with E-state index in [1.807, 2.05) is 0 Å². The molecule has 0 aromatic rings. The second-order valence-electron chi connectivity index (χ2n) is 6.99. The molecule has 1 saturated carbocycles. The van der Waals surface area contributed by atoms with E-state index >= 15 is 0 Å². The molecule has 1 aliphatic carbocycles. The van der Waals surface area contributed by atoms with E-state index in [1.54, 1.807) is 20.8 Å². The Bertz CT molecular complexity index is 487. The maximum absolute atomic E-state index is 12.4. The highest BCUT2D eigenvalue weighted by Crippen LogP contribution is 2.41. The molecule has 0 saturated heterocycles. The maximum atomic E-state index is 12.4. The van der Waals surface area contributed by atoms with E-state index < -0.39 is 41.5 Å². The van der Waals surface area contributed by atoms with Gasteiger partial charge in [0.05, 0.1) is 32.1 Å². The van der Waals surface area contributed by atoms with Crippen LogP contribution in [-0.2, 0) is 23.8 Å². The second-order valence-corrected chi connectivity index (χ2v) is 6.99. The van der Waals surface area contributed by atoms with Gasteiger partial charge in [0.1, 0.15) is 5.60 Å². The number of methoxy groups -OCH3 is 2. The zero-order valence-corrected chi connectivity index (χ0v) is 15.2. The predicted octanol–water partition coefficient (Wildman–Crippen LogP) is 0.779. The molecule has 1 rings (SSSR count). The van der Waals surface area contributed by atoms with Crippen LogP contribution in [0.5, 0.6) is 0 Å². The van der Waals surface area contributed by atoms with Crippen molar-refractivity contribution < 1.29 is 28.6 Å². The van der Waals surface area contributed by atoms with Crippen molar-refractivity contribution in [1.82, 2.24) is 4.90 Å². The van der Waals surface area contributed by atoms with E-state index in [9.17, 15) is 14.4 Å². The van der Waals surface area contributed by atoms with Crippen LogP contribution in [0.15, 0.2) is 0 Å². The minimum atomic E-state index is -0.839. The third-order valence-electron chi connectivity index (χ3n) is 4.25. The molecule has 0 spiro atoms. The molecule has 1 fully saturated rings. The van der Waals surface area contributed by atoms with Crippen LogP contribution >= 0.6 is 0 Å². The highest BCUT2D eigenvalue weighted by atomic mass is 16.6. The number of carbonyl (C=O) groups is 3. The summed E-state index contributed by atoms with van der Waals surface area (Å²) in [6.45, 7) is 5.48. The fourth-order valence-corrected chi connectivity index (χ4v) is 3.23. The monoisotopic (exact) mass is 344 g/mol. The molecule has 24 heavy (non-hydrogen) atoms. The van der Waals surface area contributed by atoms with Crippen molar-refractivity contribution in [3.8, 4) is 0 Å². The molecule has 2 unspecified atom stereocenters. The van der Waals surface area contributed by atoms with Crippen LogP contribution in [0.25, 0.3) is 0 Å². The standard InChI is InChI=1S/C16H28N2O6/c1-16(2,3)24-15(21)18(4)12-9(8-17)7-10(13(19)22-5)11(12)14(20)23-6/h9-12H,7-8,17H2,1-6H3/t9-,10?,11?,12+/m1/s1. The number of hydrogen-bond donors (Lipinski definition) is 1. The van der Waals surface area contributed by atoms with Crippen molar-refractivity contribution in [2.75, 3.05) is 27.8 Å². The smallest absolute Gasteiger partial charge is 0.410 e. The molecule has 8 nitrogen and oxygen atoms in total. The highest BCUT2D eigenvalue weighted by Gasteiger charge is 2.53. The van der Waals surface area contributed by atoms with Crippen LogP contribution in [0.3, 0.4) is 0 Å². The minimum absolute atomic E-state index is 0.221. The Morgan fingerprint density at radius 3 is 2.08 bits per heavy atom. The summed E-state index contributed by atoms with van der Waals surface area (Å²) < 4.78 is 15.0. The summed E-state index contributed by atoms with van der Waals surface area (Å²) in [6, 6.07) is -0.596. The van der Waals surface area contributed by atoms with Gasteiger partial charge in [0, 0.05) is 7.05 Å². The number of rotatable bonds is 4. The number of amides is 1. The molecule has 0 heterocycles. The zero-order valence-electron chi connectivity index (χ0n) is 15.2. The third-order valence-corrected chi connectivity index (χ3v) is 4.25. The van der Waals surface area contributed by atoms with Crippen LogP contribution in [0.4, 0.5) is 4.79 Å². The van der Waals surface area contributed by atoms with Crippen LogP contribution in [0.1, 0.15) is 27.2 Å². The SMILES string of the molecule is COC(=O)C1C[C@H](CN)[C@H](N(C)C(=O)OC(C)(C)C)C1C(=O)OC. The summed E-state index contributed by atoms with van der Waals surface area (Å²) in [5.41, 5.74) is 5.14. The lowest BCUT2D eigenvalue weighted by Crippen LogP contribution is -2.49. The van der Waals surface area contributed by atoms with Crippen LogP contribution in [0, 0.1) is 17.8 Å². The van der Waals surface area contributed by atoms with Gasteiger partial charge in [-0.25, -0.2) is 4.79 Å². The molecule has 4 atom stereocenters. The van der Waals surface area contributed by atoms with Crippen molar-refractivity contribution >= 4 is 18.0 Å². The van der Waals surface area contributed by atoms with Gasteiger partial charge in [0.25, 0.3) is 0 Å². The Hall–Kier alpha value is -1.83. The largest absolute Gasteiger partial charge is 0.469 e. The van der Waals surface area contributed by atoms with Crippen LogP contribution < -0.4 is 5.73 Å². The van der Waals surface area contributed by atoms with Gasteiger partial charge in [-0.2, -0.15) is 0 Å². The van der Waals surface area contributed by atoms with Gasteiger partial charge in [0.15, 0.2) is 0 Å². The first-order chi connectivity index (χ1) is 11.1. The van der Waals surface area contributed by atoms with Crippen LogP contribution in [0.2, 0.25) is 0 Å². The Labute approximate surface area is 142 Å². The summed E-state index contributed by atoms with van der Waals surface area (Å²) in [5, 5.41) is 0. The van der Waals surface area contributed by atoms with Gasteiger partial charge in [-0.3, -0.25) is 9.59 Å². The van der Waals surface area contributed by atoms with E-state index in [1.165, 1.54) is 26.2 Å². The Morgan fingerprint density at radius 1 is 1.12 bits per heavy atom. The predicted molar refractivity (Wildman–Crippen MR) is 86.0 cm³/mol. The number of hydrogen-bond acceptors (Lipinski definition) is 7. The molecule has 1 amide bonds. The van der Waals surface area contributed by atoms with Gasteiger partial charge >= 0.3 is 18.0 Å². The van der Waals surface area contributed by atoms with Crippen molar-refractivity contribution in [3.05, 3.63) is 0 Å². The van der Waals surface area contributed by atoms with Crippen molar-refractivity contribution in [1.29, 1.82) is 0 Å². The second kappa shape index (κ2) is 7.83. The van der Waals surface area contributed by atoms with E-state index in [0.717, 1.165) is 0 Å². The maximum Gasteiger partial charge on any atom is 0.410 e. The quantitative estimate of drug-likeness (QED) is 0.593. The highest BCUT2D eigenvalue weighted by molar-refractivity contribution is 5.84. The third kappa shape index (κ3) is 4.37. The first-order valence-electron chi connectivity index (χ1n) is 7.88. The molecular weight excluding hydrogens is 316 g/mol. The first kappa shape index (κ1) is 20.2. The van der Waals surface area contributed by atoms with Crippen LogP contribution in [-0.4, -0.2) is 62.4 Å². The summed E-state index contributed by atoms with van der Waals surface area (Å²) in [6.07, 6.45) is -0.230. The van der Waals surface area contributed by atoms with Crippen molar-refractivity contribution in [2.24, 2.45) is 23.5 Å². The average molecular weight is 344 g/mol. The lowest BCUT2D eigenvalue weighted by molar-refractivity contribution is -0.157. The van der Waals surface area contributed by atoms with Gasteiger partial charge in [-0.1, -0.05) is 0 Å². The lowest BCUT2D eigenvalue weighted by atomic mass is 9.92. The summed E-state index contributed by atoms with van der Waals surface area (Å²) in [7, 11) is 4.05. The minimum Gasteiger partial charge on any atom is -0.469 e. The number of nitrogens with two attached hydrogens (primary N) is 1. The van der Waals surface area contributed by atoms with E-state index in [0.29, 0.717) is 6.42 Å². The summed E-state index contributed by atoms with van der Waals surface area (Å²) >= 11 is 0. The Kier molecular flexibility index (Phi) is 6.59. The lowest BCUT2D eigenvalue weighted by Gasteiger charge is -2.34. The van der Waals surface area contributed by atoms with Gasteiger partial charge < -0.3 is 24.8 Å². The van der Waals surface area contributed by atoms with Gasteiger partial charge in [0.2, 0.25) is 0 Å². The number of carbonyl (C=O) groups excluding carboxylic acids is 3. The molecule has 2 N–H and O–H groups in total. The molecular formula is C16H28N2O6. The Morgan fingerprint density at radius 2 is 1.67 bits per heavy atom. The Balaban J connectivity index is 3.16. The topological polar surface area (TPSA) is 108 Å². The molecule has 8 heteroatoms. The molecule has 0 aromatic heterocycles. The molecule has 0 aliphatic heterocycles. The number of esters is 2. The average Bonchev–Trinajstić information content (AvgIpc) is 2.90. The van der Waals surface area contributed by atoms with E-state index in [-0.39, 0.29) is 12.5 Å². The molecule has 0 aromatic carbocycles. The van der Waals surface area contributed by atoms with Crippen molar-refractivity contribution in [2.45, 2.75) is 38.8 Å². The molecule has 0 radical (unpaired) electrons. The van der Waals surface area contributed by atoms with Gasteiger partial charge in [-0.15, -0.1) is 0 Å².